The Morgan fingerprint density at radius 3 is 3.18 bits per heavy atom. The summed E-state index contributed by atoms with van der Waals surface area (Å²) in [5.74, 6) is 0.937. The lowest BCUT2D eigenvalue weighted by atomic mass is 10.7. The number of thioether (sulfide) groups is 1. The summed E-state index contributed by atoms with van der Waals surface area (Å²) in [6, 6.07) is 0. The Kier molecular flexibility index (Phi) is 3.38. The summed E-state index contributed by atoms with van der Waals surface area (Å²) < 4.78 is 0.678. The molecule has 60 valence electrons. The molecule has 0 aliphatic carbocycles. The third kappa shape index (κ3) is 2.19. The maximum atomic E-state index is 11.0. The monoisotopic (exact) mass is 282 g/mol. The number of nitrogens with one attached hydrogen (secondary N) is 1. The van der Waals surface area contributed by atoms with E-state index in [2.05, 4.69) is 9.97 Å². The van der Waals surface area contributed by atoms with Crippen molar-refractivity contribution < 1.29 is 0 Å². The quantitative estimate of drug-likeness (QED) is 0.508. The molecular weight excluding hydrogens is 275 g/mol. The largest absolute Gasteiger partial charge is 0.312 e. The Labute approximate surface area is 82.1 Å². The van der Waals surface area contributed by atoms with E-state index in [4.69, 9.17) is 0 Å². The van der Waals surface area contributed by atoms with Crippen LogP contribution >= 0.6 is 34.4 Å². The van der Waals surface area contributed by atoms with E-state index in [1.165, 1.54) is 6.33 Å². The number of hydrogen-bond donors (Lipinski definition) is 1. The standard InChI is InChI=1S/C6H7IN2OS/c1-2-11-6-4(7)5(10)8-3-9-6/h3H,2H2,1H3,(H,8,9,10). The molecule has 0 fully saturated rings. The highest BCUT2D eigenvalue weighted by Crippen LogP contribution is 2.17. The van der Waals surface area contributed by atoms with Gasteiger partial charge in [-0.15, -0.1) is 11.8 Å². The molecule has 1 N–H and O–H groups in total. The van der Waals surface area contributed by atoms with Crippen LogP contribution in [-0.4, -0.2) is 15.7 Å². The van der Waals surface area contributed by atoms with Crippen molar-refractivity contribution in [1.82, 2.24) is 9.97 Å². The second-order valence-corrected chi connectivity index (χ2v) is 4.12. The van der Waals surface area contributed by atoms with Crippen molar-refractivity contribution in [3.8, 4) is 0 Å². The van der Waals surface area contributed by atoms with E-state index in [0.717, 1.165) is 10.8 Å². The predicted molar refractivity (Wildman–Crippen MR) is 54.0 cm³/mol. The van der Waals surface area contributed by atoms with Gasteiger partial charge in [0, 0.05) is 0 Å². The van der Waals surface area contributed by atoms with Gasteiger partial charge in [0.1, 0.15) is 8.60 Å². The van der Waals surface area contributed by atoms with Gasteiger partial charge in [-0.3, -0.25) is 4.79 Å². The Bertz CT molecular complexity index is 299. The molecule has 0 aliphatic rings. The SMILES string of the molecule is CCSc1nc[nH]c(=O)c1I. The second-order valence-electron chi connectivity index (χ2n) is 1.78. The molecule has 0 saturated heterocycles. The predicted octanol–water partition coefficient (Wildman–Crippen LogP) is 1.49. The Hall–Kier alpha value is -0.0400. The van der Waals surface area contributed by atoms with Gasteiger partial charge in [-0.2, -0.15) is 0 Å². The van der Waals surface area contributed by atoms with Crippen LogP contribution in [0.2, 0.25) is 0 Å². The lowest BCUT2D eigenvalue weighted by molar-refractivity contribution is 0.988. The van der Waals surface area contributed by atoms with Gasteiger partial charge in [0.25, 0.3) is 5.56 Å². The fourth-order valence-corrected chi connectivity index (χ4v) is 1.99. The molecule has 1 aromatic heterocycles. The highest BCUT2D eigenvalue weighted by Gasteiger charge is 2.02. The van der Waals surface area contributed by atoms with Gasteiger partial charge < -0.3 is 4.98 Å². The topological polar surface area (TPSA) is 45.8 Å². The van der Waals surface area contributed by atoms with Crippen LogP contribution < -0.4 is 5.56 Å². The summed E-state index contributed by atoms with van der Waals surface area (Å²) >= 11 is 3.58. The maximum Gasteiger partial charge on any atom is 0.265 e. The number of hydrogen-bond acceptors (Lipinski definition) is 3. The molecule has 1 rings (SSSR count). The van der Waals surface area contributed by atoms with Crippen LogP contribution in [0.5, 0.6) is 0 Å². The molecule has 0 radical (unpaired) electrons. The molecular formula is C6H7IN2OS. The highest BCUT2D eigenvalue weighted by atomic mass is 127. The van der Waals surface area contributed by atoms with E-state index in [1.54, 1.807) is 11.8 Å². The summed E-state index contributed by atoms with van der Waals surface area (Å²) in [5.41, 5.74) is -0.0587. The van der Waals surface area contributed by atoms with E-state index >= 15 is 0 Å². The first-order valence-corrected chi connectivity index (χ1v) is 5.18. The molecule has 5 heteroatoms. The zero-order valence-electron chi connectivity index (χ0n) is 5.93. The average molecular weight is 282 g/mol. The fraction of sp³-hybridized carbons (Fsp3) is 0.333. The van der Waals surface area contributed by atoms with Gasteiger partial charge in [0.2, 0.25) is 0 Å². The average Bonchev–Trinajstić information content (AvgIpc) is 1.99. The summed E-state index contributed by atoms with van der Waals surface area (Å²) in [7, 11) is 0. The molecule has 1 aromatic rings. The maximum absolute atomic E-state index is 11.0. The molecule has 0 saturated carbocycles. The van der Waals surface area contributed by atoms with Crippen molar-refractivity contribution >= 4 is 34.4 Å². The van der Waals surface area contributed by atoms with Crippen LogP contribution in [0.25, 0.3) is 0 Å². The molecule has 0 amide bonds. The van der Waals surface area contributed by atoms with Gasteiger partial charge in [-0.1, -0.05) is 6.92 Å². The van der Waals surface area contributed by atoms with Gasteiger partial charge >= 0.3 is 0 Å². The molecule has 1 heterocycles. The van der Waals surface area contributed by atoms with E-state index in [-0.39, 0.29) is 5.56 Å². The number of H-pyrrole nitrogens is 1. The van der Waals surface area contributed by atoms with Crippen LogP contribution in [0.3, 0.4) is 0 Å². The van der Waals surface area contributed by atoms with Gasteiger partial charge in [-0.05, 0) is 28.3 Å². The fourth-order valence-electron chi connectivity index (χ4n) is 0.604. The minimum absolute atomic E-state index is 0.0587. The first-order valence-electron chi connectivity index (χ1n) is 3.11. The summed E-state index contributed by atoms with van der Waals surface area (Å²) in [6.45, 7) is 2.03. The van der Waals surface area contributed by atoms with Gasteiger partial charge in [0.15, 0.2) is 0 Å². The van der Waals surface area contributed by atoms with Crippen molar-refractivity contribution in [2.45, 2.75) is 11.9 Å². The second kappa shape index (κ2) is 4.10. The summed E-state index contributed by atoms with van der Waals surface area (Å²) in [6.07, 6.45) is 1.43. The third-order valence-corrected chi connectivity index (χ3v) is 3.28. The zero-order valence-corrected chi connectivity index (χ0v) is 8.90. The van der Waals surface area contributed by atoms with E-state index in [9.17, 15) is 4.79 Å². The molecule has 0 spiro atoms. The molecule has 3 nitrogen and oxygen atoms in total. The smallest absolute Gasteiger partial charge is 0.265 e. The van der Waals surface area contributed by atoms with Crippen LogP contribution in [0.15, 0.2) is 16.1 Å². The van der Waals surface area contributed by atoms with Crippen molar-refractivity contribution in [3.63, 3.8) is 0 Å². The van der Waals surface area contributed by atoms with Crippen LogP contribution in [0.4, 0.5) is 0 Å². The van der Waals surface area contributed by atoms with Crippen LogP contribution in [0.1, 0.15) is 6.92 Å². The summed E-state index contributed by atoms with van der Waals surface area (Å²) in [5, 5.41) is 0.817. The lowest BCUT2D eigenvalue weighted by Gasteiger charge is -1.97. The lowest BCUT2D eigenvalue weighted by Crippen LogP contribution is -2.11. The van der Waals surface area contributed by atoms with Gasteiger partial charge in [-0.25, -0.2) is 4.98 Å². The molecule has 0 aliphatic heterocycles. The van der Waals surface area contributed by atoms with E-state index in [0.29, 0.717) is 3.57 Å². The minimum Gasteiger partial charge on any atom is -0.312 e. The Morgan fingerprint density at radius 2 is 2.55 bits per heavy atom. The van der Waals surface area contributed by atoms with Crippen LogP contribution in [-0.2, 0) is 0 Å². The van der Waals surface area contributed by atoms with Gasteiger partial charge in [0.05, 0.1) is 6.33 Å². The molecule has 0 bridgehead atoms. The third-order valence-electron chi connectivity index (χ3n) is 1.05. The van der Waals surface area contributed by atoms with E-state index in [1.807, 2.05) is 29.5 Å². The number of nitrogens with zero attached hydrogens (tertiary/aromatic N) is 1. The first-order chi connectivity index (χ1) is 5.25. The molecule has 11 heavy (non-hydrogen) atoms. The van der Waals surface area contributed by atoms with Crippen molar-refractivity contribution in [2.75, 3.05) is 5.75 Å². The summed E-state index contributed by atoms with van der Waals surface area (Å²) in [4.78, 5) is 17.5. The Balaban J connectivity index is 3.06. The molecule has 0 atom stereocenters. The first kappa shape index (κ1) is 9.05. The zero-order chi connectivity index (χ0) is 8.27. The van der Waals surface area contributed by atoms with Crippen LogP contribution in [0, 0.1) is 3.57 Å². The normalized spacial score (nSPS) is 10.0. The number of halogens is 1. The highest BCUT2D eigenvalue weighted by molar-refractivity contribution is 14.1. The minimum atomic E-state index is -0.0587. The number of rotatable bonds is 2. The van der Waals surface area contributed by atoms with Crippen molar-refractivity contribution in [3.05, 3.63) is 20.3 Å². The number of aromatic nitrogens is 2. The Morgan fingerprint density at radius 1 is 1.82 bits per heavy atom. The molecule has 0 unspecified atom stereocenters. The van der Waals surface area contributed by atoms with E-state index < -0.39 is 0 Å². The molecule has 0 aromatic carbocycles. The van der Waals surface area contributed by atoms with Crippen molar-refractivity contribution in [1.29, 1.82) is 0 Å². The number of aromatic amines is 1. The van der Waals surface area contributed by atoms with Crippen molar-refractivity contribution in [2.24, 2.45) is 0 Å².